The second-order valence-corrected chi connectivity index (χ2v) is 11.1. The summed E-state index contributed by atoms with van der Waals surface area (Å²) in [5, 5.41) is 15.3. The van der Waals surface area contributed by atoms with Crippen molar-refractivity contribution in [2.45, 2.75) is 102 Å². The van der Waals surface area contributed by atoms with E-state index in [4.69, 9.17) is 9.84 Å². The molecule has 8 heteroatoms. The summed E-state index contributed by atoms with van der Waals surface area (Å²) in [4.78, 5) is 43.3. The van der Waals surface area contributed by atoms with Crippen molar-refractivity contribution >= 4 is 23.4 Å². The number of rotatable bonds is 13. The maximum Gasteiger partial charge on any atom is 0.246 e. The Kier molecular flexibility index (Phi) is 8.59. The Morgan fingerprint density at radius 2 is 1.84 bits per heavy atom. The quantitative estimate of drug-likeness (QED) is 0.349. The topological polar surface area (TPSA) is 108 Å². The number of likely N-dealkylation sites (tertiary alicyclic amines) is 1. The minimum absolute atomic E-state index is 0.00892. The third-order valence-electron chi connectivity index (χ3n) is 8.67. The maximum atomic E-state index is 14.1. The van der Waals surface area contributed by atoms with Gasteiger partial charge >= 0.3 is 0 Å². The SMILES string of the molecule is CCCC(C)NC(=O)C1N(CCCCCCO)C(=O)[C@@H]2[C@@H](C(=O)Nc3ccccc3)[C@@]3(CC)CCC12O3. The van der Waals surface area contributed by atoms with Gasteiger partial charge in [0.1, 0.15) is 11.6 Å². The number of nitrogens with one attached hydrogen (secondary N) is 2. The number of carbonyl (C=O) groups excluding carboxylic acids is 3. The second kappa shape index (κ2) is 11.5. The molecule has 1 spiro atoms. The first-order valence-electron chi connectivity index (χ1n) is 14.1. The number of ether oxygens (including phenoxy) is 1. The Labute approximate surface area is 220 Å². The van der Waals surface area contributed by atoms with Crippen LogP contribution in [0.15, 0.2) is 30.3 Å². The van der Waals surface area contributed by atoms with Crippen LogP contribution in [0.2, 0.25) is 0 Å². The summed E-state index contributed by atoms with van der Waals surface area (Å²) in [7, 11) is 0. The minimum Gasteiger partial charge on any atom is -0.396 e. The van der Waals surface area contributed by atoms with Gasteiger partial charge in [0.2, 0.25) is 17.7 Å². The molecule has 2 bridgehead atoms. The zero-order valence-electron chi connectivity index (χ0n) is 22.5. The molecule has 0 aliphatic carbocycles. The molecular formula is C29H43N3O5. The molecule has 8 nitrogen and oxygen atoms in total. The molecule has 0 aromatic heterocycles. The average Bonchev–Trinajstić information content (AvgIpc) is 3.48. The van der Waals surface area contributed by atoms with E-state index < -0.39 is 29.1 Å². The number of fused-ring (bicyclic) bond motifs is 1. The van der Waals surface area contributed by atoms with E-state index in [0.29, 0.717) is 31.5 Å². The fourth-order valence-corrected chi connectivity index (χ4v) is 6.97. The molecule has 204 valence electrons. The zero-order valence-corrected chi connectivity index (χ0v) is 22.5. The Morgan fingerprint density at radius 3 is 2.51 bits per heavy atom. The van der Waals surface area contributed by atoms with E-state index in [1.807, 2.05) is 44.2 Å². The number of aliphatic hydroxyl groups is 1. The minimum atomic E-state index is -0.993. The van der Waals surface area contributed by atoms with Gasteiger partial charge in [0.25, 0.3) is 0 Å². The fraction of sp³-hybridized carbons (Fsp3) is 0.690. The molecule has 0 saturated carbocycles. The van der Waals surface area contributed by atoms with Crippen molar-refractivity contribution in [3.8, 4) is 0 Å². The summed E-state index contributed by atoms with van der Waals surface area (Å²) in [5.41, 5.74) is -1.06. The van der Waals surface area contributed by atoms with Crippen molar-refractivity contribution in [1.29, 1.82) is 0 Å². The first-order chi connectivity index (χ1) is 17.8. The van der Waals surface area contributed by atoms with Crippen molar-refractivity contribution in [2.24, 2.45) is 11.8 Å². The number of benzene rings is 1. The van der Waals surface area contributed by atoms with Gasteiger partial charge in [0.05, 0.1) is 17.4 Å². The number of anilines is 1. The van der Waals surface area contributed by atoms with Crippen LogP contribution in [-0.2, 0) is 19.1 Å². The van der Waals surface area contributed by atoms with Crippen LogP contribution >= 0.6 is 0 Å². The zero-order chi connectivity index (χ0) is 26.6. The van der Waals surface area contributed by atoms with Gasteiger partial charge in [0, 0.05) is 24.9 Å². The van der Waals surface area contributed by atoms with Crippen molar-refractivity contribution in [1.82, 2.24) is 10.2 Å². The van der Waals surface area contributed by atoms with Crippen LogP contribution in [0.4, 0.5) is 5.69 Å². The van der Waals surface area contributed by atoms with Crippen LogP contribution in [0.5, 0.6) is 0 Å². The lowest BCUT2D eigenvalue weighted by Crippen LogP contribution is -2.56. The molecule has 3 N–H and O–H groups in total. The lowest BCUT2D eigenvalue weighted by Gasteiger charge is -2.34. The van der Waals surface area contributed by atoms with Crippen LogP contribution in [0.3, 0.4) is 0 Å². The van der Waals surface area contributed by atoms with Crippen molar-refractivity contribution in [3.63, 3.8) is 0 Å². The van der Waals surface area contributed by atoms with Gasteiger partial charge in [0.15, 0.2) is 0 Å². The summed E-state index contributed by atoms with van der Waals surface area (Å²) in [6.07, 6.45) is 6.84. The van der Waals surface area contributed by atoms with Crippen LogP contribution in [0, 0.1) is 11.8 Å². The lowest BCUT2D eigenvalue weighted by atomic mass is 9.65. The molecule has 3 fully saturated rings. The molecule has 1 aromatic carbocycles. The van der Waals surface area contributed by atoms with Crippen molar-refractivity contribution in [2.75, 3.05) is 18.5 Å². The van der Waals surface area contributed by atoms with Gasteiger partial charge in [-0.15, -0.1) is 0 Å². The molecule has 3 aliphatic heterocycles. The first-order valence-corrected chi connectivity index (χ1v) is 14.1. The summed E-state index contributed by atoms with van der Waals surface area (Å²) in [6.45, 7) is 6.67. The van der Waals surface area contributed by atoms with Crippen LogP contribution < -0.4 is 10.6 Å². The molecular weight excluding hydrogens is 470 g/mol. The van der Waals surface area contributed by atoms with Crippen LogP contribution in [-0.4, -0.2) is 64.2 Å². The number of carbonyl (C=O) groups is 3. The molecule has 4 rings (SSSR count). The Balaban J connectivity index is 1.65. The maximum absolute atomic E-state index is 14.1. The average molecular weight is 514 g/mol. The monoisotopic (exact) mass is 513 g/mol. The normalized spacial score (nSPS) is 30.9. The molecule has 3 heterocycles. The number of unbranched alkanes of at least 4 members (excludes halogenated alkanes) is 3. The molecule has 6 atom stereocenters. The molecule has 3 amide bonds. The molecule has 0 radical (unpaired) electrons. The van der Waals surface area contributed by atoms with E-state index >= 15 is 0 Å². The van der Waals surface area contributed by atoms with E-state index in [0.717, 1.165) is 38.5 Å². The standard InChI is InChI=1S/C29H43N3O5/c1-4-13-20(3)30-26(35)24-29-17-16-28(5-2,37-29)22(25(34)31-21-14-9-8-10-15-21)23(29)27(36)32(24)18-11-6-7-12-19-33/h8-10,14-15,20,22-24,33H,4-7,11-13,16-19H2,1-3H3,(H,30,35)(H,31,34)/t20?,22-,23-,24?,28+,29?/m0/s1. The highest BCUT2D eigenvalue weighted by molar-refractivity contribution is 6.02. The van der Waals surface area contributed by atoms with Crippen molar-refractivity contribution < 1.29 is 24.2 Å². The Morgan fingerprint density at radius 1 is 1.11 bits per heavy atom. The third-order valence-corrected chi connectivity index (χ3v) is 8.67. The van der Waals surface area contributed by atoms with Gasteiger partial charge in [-0.05, 0) is 57.6 Å². The third kappa shape index (κ3) is 5.02. The lowest BCUT2D eigenvalue weighted by molar-refractivity contribution is -0.146. The highest BCUT2D eigenvalue weighted by atomic mass is 16.5. The number of nitrogens with zero attached hydrogens (tertiary/aromatic N) is 1. The second-order valence-electron chi connectivity index (χ2n) is 11.1. The number of para-hydroxylation sites is 1. The van der Waals surface area contributed by atoms with Gasteiger partial charge < -0.3 is 25.4 Å². The van der Waals surface area contributed by atoms with Gasteiger partial charge in [-0.25, -0.2) is 0 Å². The van der Waals surface area contributed by atoms with E-state index in [-0.39, 0.29) is 30.4 Å². The Hall–Kier alpha value is -2.45. The van der Waals surface area contributed by atoms with Gasteiger partial charge in [-0.3, -0.25) is 14.4 Å². The first kappa shape index (κ1) is 27.6. The van der Waals surface area contributed by atoms with Gasteiger partial charge in [-0.2, -0.15) is 0 Å². The largest absolute Gasteiger partial charge is 0.396 e. The summed E-state index contributed by atoms with van der Waals surface area (Å²) >= 11 is 0. The smallest absolute Gasteiger partial charge is 0.246 e. The van der Waals surface area contributed by atoms with E-state index in [9.17, 15) is 14.4 Å². The molecule has 3 unspecified atom stereocenters. The predicted octanol–water partition coefficient (Wildman–Crippen LogP) is 3.64. The van der Waals surface area contributed by atoms with E-state index in [2.05, 4.69) is 17.6 Å². The van der Waals surface area contributed by atoms with Crippen molar-refractivity contribution in [3.05, 3.63) is 30.3 Å². The van der Waals surface area contributed by atoms with E-state index in [1.54, 1.807) is 4.90 Å². The number of hydrogen-bond acceptors (Lipinski definition) is 5. The van der Waals surface area contributed by atoms with Gasteiger partial charge in [-0.1, -0.05) is 51.3 Å². The predicted molar refractivity (Wildman–Crippen MR) is 142 cm³/mol. The van der Waals surface area contributed by atoms with Crippen LogP contribution in [0.25, 0.3) is 0 Å². The summed E-state index contributed by atoms with van der Waals surface area (Å²) in [6, 6.07) is 8.53. The van der Waals surface area contributed by atoms with Crippen LogP contribution in [0.1, 0.15) is 78.6 Å². The summed E-state index contributed by atoms with van der Waals surface area (Å²) in [5.74, 6) is -1.87. The Bertz CT molecular complexity index is 972. The molecule has 3 saturated heterocycles. The highest BCUT2D eigenvalue weighted by Gasteiger charge is 2.78. The highest BCUT2D eigenvalue weighted by Crippen LogP contribution is 2.64. The number of aliphatic hydroxyl groups excluding tert-OH is 1. The molecule has 3 aliphatic rings. The fourth-order valence-electron chi connectivity index (χ4n) is 6.97. The summed E-state index contributed by atoms with van der Waals surface area (Å²) < 4.78 is 6.80. The number of amides is 3. The molecule has 1 aromatic rings. The molecule has 37 heavy (non-hydrogen) atoms. The van der Waals surface area contributed by atoms with E-state index in [1.165, 1.54) is 0 Å². The number of hydrogen-bond donors (Lipinski definition) is 3.